The van der Waals surface area contributed by atoms with Crippen molar-refractivity contribution in [3.63, 3.8) is 0 Å². The molecule has 66 valence electrons. The van der Waals surface area contributed by atoms with Gasteiger partial charge in [0.2, 0.25) is 5.88 Å². The van der Waals surface area contributed by atoms with Gasteiger partial charge < -0.3 is 10.1 Å². The van der Waals surface area contributed by atoms with E-state index >= 15 is 0 Å². The zero-order chi connectivity index (χ0) is 8.97. The van der Waals surface area contributed by atoms with Gasteiger partial charge in [-0.25, -0.2) is 9.37 Å². The zero-order valence-corrected chi connectivity index (χ0v) is 7.10. The molecule has 3 nitrogen and oxygen atoms in total. The molecule has 1 aromatic heterocycles. The molecule has 0 atom stereocenters. The second-order valence-electron chi connectivity index (χ2n) is 2.19. The lowest BCUT2D eigenvalue weighted by atomic mass is 10.4. The number of aromatic nitrogens is 1. The molecule has 1 rings (SSSR count). The fourth-order valence-electron chi connectivity index (χ4n) is 0.838. The standard InChI is InChI=1S/C8H11FN2O/c1-3-12-8-4-7(10-2)6(9)5-11-8/h4-5H,3H2,1-2H3,(H,10,11). The van der Waals surface area contributed by atoms with Crippen molar-refractivity contribution in [2.45, 2.75) is 6.92 Å². The van der Waals surface area contributed by atoms with Gasteiger partial charge in [-0.3, -0.25) is 0 Å². The van der Waals surface area contributed by atoms with Crippen LogP contribution in [0.4, 0.5) is 10.1 Å². The highest BCUT2D eigenvalue weighted by atomic mass is 19.1. The van der Waals surface area contributed by atoms with Crippen molar-refractivity contribution >= 4 is 5.69 Å². The second-order valence-corrected chi connectivity index (χ2v) is 2.19. The van der Waals surface area contributed by atoms with E-state index in [1.54, 1.807) is 7.05 Å². The summed E-state index contributed by atoms with van der Waals surface area (Å²) < 4.78 is 17.9. The summed E-state index contributed by atoms with van der Waals surface area (Å²) in [7, 11) is 1.65. The Morgan fingerprint density at radius 1 is 1.67 bits per heavy atom. The molecule has 0 unspecified atom stereocenters. The normalized spacial score (nSPS) is 9.58. The molecule has 0 saturated carbocycles. The van der Waals surface area contributed by atoms with Crippen molar-refractivity contribution < 1.29 is 9.13 Å². The van der Waals surface area contributed by atoms with E-state index in [4.69, 9.17) is 4.74 Å². The van der Waals surface area contributed by atoms with Crippen LogP contribution in [0.3, 0.4) is 0 Å². The molecular formula is C8H11FN2O. The average Bonchev–Trinajstić information content (AvgIpc) is 2.09. The molecule has 1 aromatic rings. The Balaban J connectivity index is 2.89. The van der Waals surface area contributed by atoms with Gasteiger partial charge in [0.1, 0.15) is 0 Å². The summed E-state index contributed by atoms with van der Waals surface area (Å²) in [5, 5.41) is 2.70. The molecule has 0 spiro atoms. The molecule has 0 amide bonds. The molecule has 0 radical (unpaired) electrons. The van der Waals surface area contributed by atoms with E-state index in [1.807, 2.05) is 6.92 Å². The molecular weight excluding hydrogens is 159 g/mol. The average molecular weight is 170 g/mol. The number of rotatable bonds is 3. The topological polar surface area (TPSA) is 34.1 Å². The van der Waals surface area contributed by atoms with E-state index in [1.165, 1.54) is 6.07 Å². The fourth-order valence-corrected chi connectivity index (χ4v) is 0.838. The van der Waals surface area contributed by atoms with Gasteiger partial charge in [0.05, 0.1) is 18.5 Å². The van der Waals surface area contributed by atoms with Gasteiger partial charge in [0.25, 0.3) is 0 Å². The number of pyridine rings is 1. The predicted molar refractivity (Wildman–Crippen MR) is 44.9 cm³/mol. The summed E-state index contributed by atoms with van der Waals surface area (Å²) in [4.78, 5) is 3.74. The first-order chi connectivity index (χ1) is 5.77. The van der Waals surface area contributed by atoms with Crippen molar-refractivity contribution in [1.82, 2.24) is 4.98 Å². The minimum Gasteiger partial charge on any atom is -0.478 e. The van der Waals surface area contributed by atoms with Gasteiger partial charge in [0, 0.05) is 13.1 Å². The number of hydrogen-bond donors (Lipinski definition) is 1. The molecule has 0 aromatic carbocycles. The molecule has 0 aliphatic carbocycles. The molecule has 4 heteroatoms. The predicted octanol–water partition coefficient (Wildman–Crippen LogP) is 1.66. The lowest BCUT2D eigenvalue weighted by molar-refractivity contribution is 0.326. The van der Waals surface area contributed by atoms with E-state index in [0.29, 0.717) is 18.2 Å². The first-order valence-electron chi connectivity index (χ1n) is 3.74. The minimum atomic E-state index is -0.374. The molecule has 0 saturated heterocycles. The van der Waals surface area contributed by atoms with E-state index in [-0.39, 0.29) is 5.82 Å². The lowest BCUT2D eigenvalue weighted by Crippen LogP contribution is -1.98. The molecule has 0 aliphatic rings. The number of nitrogens with zero attached hydrogens (tertiary/aromatic N) is 1. The van der Waals surface area contributed by atoms with Crippen LogP contribution in [0.15, 0.2) is 12.3 Å². The van der Waals surface area contributed by atoms with Crippen LogP contribution in [0, 0.1) is 5.82 Å². The van der Waals surface area contributed by atoms with E-state index in [2.05, 4.69) is 10.3 Å². The minimum absolute atomic E-state index is 0.374. The number of hydrogen-bond acceptors (Lipinski definition) is 3. The van der Waals surface area contributed by atoms with Crippen LogP contribution in [0.1, 0.15) is 6.92 Å². The maximum atomic E-state index is 12.8. The van der Waals surface area contributed by atoms with Gasteiger partial charge in [-0.05, 0) is 6.92 Å². The van der Waals surface area contributed by atoms with Crippen LogP contribution < -0.4 is 10.1 Å². The Morgan fingerprint density at radius 3 is 3.00 bits per heavy atom. The van der Waals surface area contributed by atoms with Crippen LogP contribution >= 0.6 is 0 Å². The highest BCUT2D eigenvalue weighted by Crippen LogP contribution is 2.17. The van der Waals surface area contributed by atoms with Crippen LogP contribution in [-0.2, 0) is 0 Å². The Hall–Kier alpha value is -1.32. The second kappa shape index (κ2) is 3.90. The summed E-state index contributed by atoms with van der Waals surface area (Å²) in [5.74, 6) is 0.0594. The van der Waals surface area contributed by atoms with Crippen LogP contribution in [-0.4, -0.2) is 18.6 Å². The van der Waals surface area contributed by atoms with Gasteiger partial charge in [-0.1, -0.05) is 0 Å². The van der Waals surface area contributed by atoms with Crippen molar-refractivity contribution in [1.29, 1.82) is 0 Å². The number of nitrogens with one attached hydrogen (secondary N) is 1. The van der Waals surface area contributed by atoms with Crippen LogP contribution in [0.5, 0.6) is 5.88 Å². The van der Waals surface area contributed by atoms with Crippen LogP contribution in [0.2, 0.25) is 0 Å². The third-order valence-corrected chi connectivity index (χ3v) is 1.39. The lowest BCUT2D eigenvalue weighted by Gasteiger charge is -2.04. The maximum absolute atomic E-state index is 12.8. The number of ether oxygens (including phenoxy) is 1. The van der Waals surface area contributed by atoms with E-state index < -0.39 is 0 Å². The molecule has 12 heavy (non-hydrogen) atoms. The Labute approximate surface area is 70.6 Å². The van der Waals surface area contributed by atoms with Crippen molar-refractivity contribution in [3.05, 3.63) is 18.1 Å². The molecule has 0 bridgehead atoms. The quantitative estimate of drug-likeness (QED) is 0.749. The summed E-state index contributed by atoms with van der Waals surface area (Å²) >= 11 is 0. The van der Waals surface area contributed by atoms with Gasteiger partial charge >= 0.3 is 0 Å². The third kappa shape index (κ3) is 1.84. The Kier molecular flexibility index (Phi) is 2.85. The van der Waals surface area contributed by atoms with E-state index in [0.717, 1.165) is 6.20 Å². The summed E-state index contributed by atoms with van der Waals surface area (Å²) in [6.45, 7) is 2.38. The fraction of sp³-hybridized carbons (Fsp3) is 0.375. The van der Waals surface area contributed by atoms with Crippen molar-refractivity contribution in [3.8, 4) is 5.88 Å². The van der Waals surface area contributed by atoms with Crippen LogP contribution in [0.25, 0.3) is 0 Å². The smallest absolute Gasteiger partial charge is 0.215 e. The summed E-state index contributed by atoms with van der Waals surface area (Å²) in [6, 6.07) is 1.53. The maximum Gasteiger partial charge on any atom is 0.215 e. The monoisotopic (exact) mass is 170 g/mol. The summed E-state index contributed by atoms with van der Waals surface area (Å²) in [5.41, 5.74) is 0.397. The highest BCUT2D eigenvalue weighted by Gasteiger charge is 2.02. The molecule has 1 N–H and O–H groups in total. The van der Waals surface area contributed by atoms with Gasteiger partial charge in [0.15, 0.2) is 5.82 Å². The largest absolute Gasteiger partial charge is 0.478 e. The summed E-state index contributed by atoms with van der Waals surface area (Å²) in [6.07, 6.45) is 1.14. The Morgan fingerprint density at radius 2 is 2.42 bits per heavy atom. The SMILES string of the molecule is CCOc1cc(NC)c(F)cn1. The molecule has 0 aliphatic heterocycles. The molecule has 0 fully saturated rings. The highest BCUT2D eigenvalue weighted by molar-refractivity contribution is 5.45. The number of anilines is 1. The molecule has 1 heterocycles. The number of halogens is 1. The third-order valence-electron chi connectivity index (χ3n) is 1.39. The van der Waals surface area contributed by atoms with Gasteiger partial charge in [-0.2, -0.15) is 0 Å². The van der Waals surface area contributed by atoms with E-state index in [9.17, 15) is 4.39 Å². The Bertz CT molecular complexity index is 265. The zero-order valence-electron chi connectivity index (χ0n) is 7.10. The first-order valence-corrected chi connectivity index (χ1v) is 3.74. The van der Waals surface area contributed by atoms with Crippen molar-refractivity contribution in [2.24, 2.45) is 0 Å². The van der Waals surface area contributed by atoms with Gasteiger partial charge in [-0.15, -0.1) is 0 Å². The van der Waals surface area contributed by atoms with Crippen molar-refractivity contribution in [2.75, 3.05) is 19.0 Å². The first kappa shape index (κ1) is 8.77.